The number of ether oxygens (including phenoxy) is 3. The number of benzene rings is 1. The molecule has 196 valence electrons. The zero-order valence-electron chi connectivity index (χ0n) is 21.8. The first-order chi connectivity index (χ1) is 17.3. The number of carbonyl (C=O) groups excluding carboxylic acids is 2. The Morgan fingerprint density at radius 3 is 2.50 bits per heavy atom. The van der Waals surface area contributed by atoms with Crippen molar-refractivity contribution in [2.45, 2.75) is 95.5 Å². The summed E-state index contributed by atoms with van der Waals surface area (Å²) in [4.78, 5) is 25.6. The summed E-state index contributed by atoms with van der Waals surface area (Å²) in [6.45, 7) is 5.63. The highest BCUT2D eigenvalue weighted by molar-refractivity contribution is 5.91. The lowest BCUT2D eigenvalue weighted by Gasteiger charge is -2.54. The van der Waals surface area contributed by atoms with Crippen LogP contribution in [0.4, 0.5) is 0 Å². The molecule has 2 bridgehead atoms. The molecule has 0 aromatic heterocycles. The van der Waals surface area contributed by atoms with E-state index in [2.05, 4.69) is 13.8 Å². The van der Waals surface area contributed by atoms with E-state index in [-0.39, 0.29) is 29.8 Å². The molecule has 0 radical (unpaired) electrons. The zero-order valence-corrected chi connectivity index (χ0v) is 21.8. The van der Waals surface area contributed by atoms with Crippen molar-refractivity contribution in [3.8, 4) is 0 Å². The van der Waals surface area contributed by atoms with Crippen LogP contribution in [-0.4, -0.2) is 47.1 Å². The maximum absolute atomic E-state index is 13.4. The number of esters is 2. The van der Waals surface area contributed by atoms with E-state index in [4.69, 9.17) is 14.2 Å². The summed E-state index contributed by atoms with van der Waals surface area (Å²) in [6, 6.07) is 9.86. The average molecular weight is 497 g/mol. The number of aliphatic hydroxyl groups is 1. The number of carbonyl (C=O) groups is 2. The Hall–Kier alpha value is -2.18. The van der Waals surface area contributed by atoms with Crippen molar-refractivity contribution in [3.63, 3.8) is 0 Å². The van der Waals surface area contributed by atoms with E-state index >= 15 is 0 Å². The molecule has 6 heteroatoms. The van der Waals surface area contributed by atoms with Crippen molar-refractivity contribution in [1.82, 2.24) is 0 Å². The van der Waals surface area contributed by atoms with Crippen LogP contribution in [0.15, 0.2) is 36.4 Å². The number of hydrogen-bond donors (Lipinski definition) is 1. The third-order valence-corrected chi connectivity index (χ3v) is 9.68. The van der Waals surface area contributed by atoms with Gasteiger partial charge in [0.2, 0.25) is 0 Å². The summed E-state index contributed by atoms with van der Waals surface area (Å²) in [5, 5.41) is 9.42. The Morgan fingerprint density at radius 2 is 1.81 bits per heavy atom. The van der Waals surface area contributed by atoms with Crippen molar-refractivity contribution in [1.29, 1.82) is 0 Å². The molecule has 0 unspecified atom stereocenters. The number of hydrogen-bond acceptors (Lipinski definition) is 6. The second-order valence-corrected chi connectivity index (χ2v) is 11.7. The topological polar surface area (TPSA) is 82.1 Å². The van der Waals surface area contributed by atoms with Gasteiger partial charge >= 0.3 is 11.9 Å². The predicted molar refractivity (Wildman–Crippen MR) is 136 cm³/mol. The van der Waals surface area contributed by atoms with Crippen molar-refractivity contribution in [3.05, 3.63) is 42.0 Å². The quantitative estimate of drug-likeness (QED) is 0.437. The molecule has 4 aliphatic rings. The highest BCUT2D eigenvalue weighted by atomic mass is 16.6. The van der Waals surface area contributed by atoms with Gasteiger partial charge in [-0.25, -0.2) is 9.59 Å². The van der Waals surface area contributed by atoms with E-state index in [9.17, 15) is 14.7 Å². The molecule has 7 atom stereocenters. The first-order valence-electron chi connectivity index (χ1n) is 13.7. The molecule has 0 amide bonds. The number of aliphatic hydroxyl groups excluding tert-OH is 1. The van der Waals surface area contributed by atoms with Gasteiger partial charge in [-0.2, -0.15) is 0 Å². The van der Waals surface area contributed by atoms with Crippen LogP contribution in [0.3, 0.4) is 0 Å². The summed E-state index contributed by atoms with van der Waals surface area (Å²) in [5.41, 5.74) is 0.537. The SMILES string of the molecule is C/C(=C\C(=O)O[C@H]1[C@@H]2[C@H](C)CC[C@H]2[C@]2(C)O[C@@]1(C1CCCCC1)C[C@H]2OC(=O)CO)c1ccccc1. The van der Waals surface area contributed by atoms with Gasteiger partial charge in [0.1, 0.15) is 30.0 Å². The average Bonchev–Trinajstić information content (AvgIpc) is 3.40. The highest BCUT2D eigenvalue weighted by Crippen LogP contribution is 2.64. The largest absolute Gasteiger partial charge is 0.457 e. The van der Waals surface area contributed by atoms with Gasteiger partial charge < -0.3 is 19.3 Å². The van der Waals surface area contributed by atoms with E-state index in [1.165, 1.54) is 6.42 Å². The smallest absolute Gasteiger partial charge is 0.332 e. The molecule has 4 fully saturated rings. The van der Waals surface area contributed by atoms with Gasteiger partial charge in [0.25, 0.3) is 0 Å². The van der Waals surface area contributed by atoms with Gasteiger partial charge in [-0.05, 0) is 68.4 Å². The molecule has 36 heavy (non-hydrogen) atoms. The third kappa shape index (κ3) is 4.30. The third-order valence-electron chi connectivity index (χ3n) is 9.68. The monoisotopic (exact) mass is 496 g/mol. The van der Waals surface area contributed by atoms with Gasteiger partial charge in [-0.15, -0.1) is 0 Å². The van der Waals surface area contributed by atoms with Crippen molar-refractivity contribution in [2.75, 3.05) is 6.61 Å². The molecule has 2 saturated heterocycles. The summed E-state index contributed by atoms with van der Waals surface area (Å²) in [7, 11) is 0. The predicted octanol–water partition coefficient (Wildman–Crippen LogP) is 5.08. The lowest BCUT2D eigenvalue weighted by atomic mass is 9.66. The summed E-state index contributed by atoms with van der Waals surface area (Å²) >= 11 is 0. The molecule has 2 saturated carbocycles. The maximum Gasteiger partial charge on any atom is 0.332 e. The first-order valence-corrected chi connectivity index (χ1v) is 13.7. The molecule has 2 aliphatic heterocycles. The second kappa shape index (κ2) is 9.94. The Kier molecular flexibility index (Phi) is 7.03. The van der Waals surface area contributed by atoms with Crippen LogP contribution in [-0.2, 0) is 23.8 Å². The fourth-order valence-corrected chi connectivity index (χ4v) is 7.95. The highest BCUT2D eigenvalue weighted by Gasteiger charge is 2.73. The molecular formula is C30H40O6. The van der Waals surface area contributed by atoms with Crippen LogP contribution in [0.1, 0.15) is 77.7 Å². The summed E-state index contributed by atoms with van der Waals surface area (Å²) < 4.78 is 19.4. The Labute approximate surface area is 214 Å². The molecule has 2 heterocycles. The maximum atomic E-state index is 13.4. The Morgan fingerprint density at radius 1 is 1.08 bits per heavy atom. The number of allylic oxidation sites excluding steroid dienone is 1. The Bertz CT molecular complexity index is 998. The van der Waals surface area contributed by atoms with Gasteiger partial charge in [0, 0.05) is 18.4 Å². The summed E-state index contributed by atoms with van der Waals surface area (Å²) in [6.07, 6.45) is 8.76. The van der Waals surface area contributed by atoms with Crippen LogP contribution < -0.4 is 0 Å². The molecule has 2 aliphatic carbocycles. The van der Waals surface area contributed by atoms with Crippen LogP contribution >= 0.6 is 0 Å². The van der Waals surface area contributed by atoms with Crippen LogP contribution in [0.25, 0.3) is 5.57 Å². The molecule has 5 rings (SSSR count). The normalized spacial score (nSPS) is 38.4. The fourth-order valence-electron chi connectivity index (χ4n) is 7.95. The lowest BCUT2D eigenvalue weighted by Crippen LogP contribution is -2.63. The Balaban J connectivity index is 1.52. The van der Waals surface area contributed by atoms with E-state index < -0.39 is 29.9 Å². The molecule has 0 spiro atoms. The van der Waals surface area contributed by atoms with Crippen LogP contribution in [0.5, 0.6) is 0 Å². The number of rotatable bonds is 6. The molecule has 1 N–H and O–H groups in total. The molecule has 1 aromatic carbocycles. The van der Waals surface area contributed by atoms with E-state index in [0.29, 0.717) is 12.3 Å². The fraction of sp³-hybridized carbons (Fsp3) is 0.667. The van der Waals surface area contributed by atoms with E-state index in [1.54, 1.807) is 6.08 Å². The van der Waals surface area contributed by atoms with Gasteiger partial charge in [0.05, 0.1) is 0 Å². The molecule has 1 aromatic rings. The van der Waals surface area contributed by atoms with Crippen molar-refractivity contribution < 1.29 is 28.9 Å². The number of fused-ring (bicyclic) bond motifs is 4. The summed E-state index contributed by atoms with van der Waals surface area (Å²) in [5.74, 6) is -0.0520. The second-order valence-electron chi connectivity index (χ2n) is 11.7. The van der Waals surface area contributed by atoms with Gasteiger partial charge in [-0.3, -0.25) is 0 Å². The zero-order chi connectivity index (χ0) is 25.5. The van der Waals surface area contributed by atoms with Crippen molar-refractivity contribution >= 4 is 17.5 Å². The minimum absolute atomic E-state index is 0.125. The van der Waals surface area contributed by atoms with Crippen LogP contribution in [0, 0.1) is 23.7 Å². The van der Waals surface area contributed by atoms with E-state index in [1.807, 2.05) is 37.3 Å². The molecular weight excluding hydrogens is 456 g/mol. The minimum Gasteiger partial charge on any atom is -0.457 e. The van der Waals surface area contributed by atoms with Crippen molar-refractivity contribution in [2.24, 2.45) is 23.7 Å². The first kappa shape index (κ1) is 25.5. The van der Waals surface area contributed by atoms with Gasteiger partial charge in [-0.1, -0.05) is 56.5 Å². The lowest BCUT2D eigenvalue weighted by molar-refractivity contribution is -0.270. The van der Waals surface area contributed by atoms with Gasteiger partial charge in [0.15, 0.2) is 0 Å². The standard InChI is InChI=1S/C30H40O6/c1-19-14-15-23-27(19)28(35-25(32)16-20(2)21-10-6-4-7-11-21)30(22-12-8-5-9-13-22)17-24(29(23,3)36-30)34-26(33)18-31/h4,6-7,10-11,16,19,22-24,27-28,31H,5,8-9,12-15,17-18H2,1-3H3/b20-16+/t19-,23-,24-,27-,28+,29+,30-/m1/s1. The van der Waals surface area contributed by atoms with E-state index in [0.717, 1.165) is 49.7 Å². The van der Waals surface area contributed by atoms with Crippen LogP contribution in [0.2, 0.25) is 0 Å². The molecule has 6 nitrogen and oxygen atoms in total. The minimum atomic E-state index is -0.681.